The van der Waals surface area contributed by atoms with Gasteiger partial charge in [0.25, 0.3) is 11.7 Å². The van der Waals surface area contributed by atoms with Crippen LogP contribution in [0.2, 0.25) is 5.02 Å². The number of ketones is 1. The summed E-state index contributed by atoms with van der Waals surface area (Å²) in [6.07, 6.45) is 0. The molecule has 1 N–H and O–H groups in total. The lowest BCUT2D eigenvalue weighted by atomic mass is 9.94. The van der Waals surface area contributed by atoms with Gasteiger partial charge in [-0.3, -0.25) is 14.5 Å². The topological polar surface area (TPSA) is 76.1 Å². The van der Waals surface area contributed by atoms with E-state index in [1.165, 1.54) is 50.6 Å². The Morgan fingerprint density at radius 3 is 2.42 bits per heavy atom. The second-order valence-electron chi connectivity index (χ2n) is 7.24. The molecule has 168 valence electrons. The standard InChI is InChI=1S/C25H19ClFNO5/c1-32-16-7-5-6-15(13-16)28-22(17-8-3-4-9-19(17)27)21(24(30)25(28)31)23(29)14-10-11-20(33-2)18(26)12-14/h3-13,22,29H,1-2H3/b23-21+. The maximum Gasteiger partial charge on any atom is 0.300 e. The number of nitrogens with zero attached hydrogens (tertiary/aromatic N) is 1. The molecular weight excluding hydrogens is 449 g/mol. The summed E-state index contributed by atoms with van der Waals surface area (Å²) in [5.74, 6) is -2.14. The summed E-state index contributed by atoms with van der Waals surface area (Å²) in [6.45, 7) is 0. The zero-order chi connectivity index (χ0) is 23.7. The number of ether oxygens (including phenoxy) is 2. The van der Waals surface area contributed by atoms with E-state index >= 15 is 0 Å². The second-order valence-corrected chi connectivity index (χ2v) is 7.65. The SMILES string of the molecule is COc1cccc(N2C(=O)C(=O)/C(=C(/O)c3ccc(OC)c(Cl)c3)C2c2ccccc2F)c1. The van der Waals surface area contributed by atoms with E-state index in [1.54, 1.807) is 30.3 Å². The predicted octanol–water partition coefficient (Wildman–Crippen LogP) is 5.12. The summed E-state index contributed by atoms with van der Waals surface area (Å²) in [5, 5.41) is 11.3. The number of carbonyl (C=O) groups is 2. The van der Waals surface area contributed by atoms with Crippen LogP contribution in [0, 0.1) is 5.82 Å². The van der Waals surface area contributed by atoms with Crippen molar-refractivity contribution in [3.63, 3.8) is 0 Å². The first-order valence-electron chi connectivity index (χ1n) is 9.90. The molecule has 6 nitrogen and oxygen atoms in total. The van der Waals surface area contributed by atoms with E-state index in [0.29, 0.717) is 17.2 Å². The van der Waals surface area contributed by atoms with Crippen LogP contribution in [-0.2, 0) is 9.59 Å². The van der Waals surface area contributed by atoms with E-state index in [-0.39, 0.29) is 21.7 Å². The Hall–Kier alpha value is -3.84. The second kappa shape index (κ2) is 8.96. The first kappa shape index (κ1) is 22.4. The van der Waals surface area contributed by atoms with Crippen LogP contribution in [0.5, 0.6) is 11.5 Å². The summed E-state index contributed by atoms with van der Waals surface area (Å²) >= 11 is 6.19. The summed E-state index contributed by atoms with van der Waals surface area (Å²) < 4.78 is 25.3. The van der Waals surface area contributed by atoms with Gasteiger partial charge in [-0.15, -0.1) is 0 Å². The first-order chi connectivity index (χ1) is 15.9. The minimum Gasteiger partial charge on any atom is -0.507 e. The number of aliphatic hydroxyl groups excluding tert-OH is 1. The smallest absolute Gasteiger partial charge is 0.300 e. The van der Waals surface area contributed by atoms with Crippen molar-refractivity contribution in [2.24, 2.45) is 0 Å². The monoisotopic (exact) mass is 467 g/mol. The number of rotatable bonds is 5. The van der Waals surface area contributed by atoms with E-state index < -0.39 is 29.3 Å². The zero-order valence-corrected chi connectivity index (χ0v) is 18.5. The van der Waals surface area contributed by atoms with Crippen molar-refractivity contribution in [1.29, 1.82) is 0 Å². The van der Waals surface area contributed by atoms with Crippen LogP contribution in [0.3, 0.4) is 0 Å². The fraction of sp³-hybridized carbons (Fsp3) is 0.120. The van der Waals surface area contributed by atoms with E-state index in [1.807, 2.05) is 0 Å². The zero-order valence-electron chi connectivity index (χ0n) is 17.7. The average molecular weight is 468 g/mol. The Bertz CT molecular complexity index is 1290. The molecule has 3 aromatic rings. The van der Waals surface area contributed by atoms with Crippen LogP contribution in [-0.4, -0.2) is 31.0 Å². The molecule has 0 radical (unpaired) electrons. The van der Waals surface area contributed by atoms with Gasteiger partial charge in [-0.25, -0.2) is 4.39 Å². The van der Waals surface area contributed by atoms with Crippen LogP contribution in [0.4, 0.5) is 10.1 Å². The molecule has 1 amide bonds. The molecule has 1 aliphatic heterocycles. The van der Waals surface area contributed by atoms with Gasteiger partial charge < -0.3 is 14.6 Å². The Morgan fingerprint density at radius 2 is 1.76 bits per heavy atom. The molecule has 3 aromatic carbocycles. The van der Waals surface area contributed by atoms with Crippen molar-refractivity contribution in [1.82, 2.24) is 0 Å². The molecule has 1 saturated heterocycles. The quantitative estimate of drug-likeness (QED) is 0.320. The molecule has 8 heteroatoms. The Morgan fingerprint density at radius 1 is 1.00 bits per heavy atom. The van der Waals surface area contributed by atoms with E-state index in [2.05, 4.69) is 0 Å². The molecule has 0 aromatic heterocycles. The number of carbonyl (C=O) groups excluding carboxylic acids is 2. The molecule has 0 saturated carbocycles. The van der Waals surface area contributed by atoms with Crippen LogP contribution in [0.15, 0.2) is 72.3 Å². The van der Waals surface area contributed by atoms with Crippen molar-refractivity contribution >= 4 is 34.7 Å². The number of methoxy groups -OCH3 is 2. The highest BCUT2D eigenvalue weighted by atomic mass is 35.5. The molecular formula is C25H19ClFNO5. The van der Waals surface area contributed by atoms with Crippen LogP contribution in [0.25, 0.3) is 5.76 Å². The van der Waals surface area contributed by atoms with Crippen molar-refractivity contribution in [2.75, 3.05) is 19.1 Å². The molecule has 1 unspecified atom stereocenters. The molecule has 0 bridgehead atoms. The van der Waals surface area contributed by atoms with Gasteiger partial charge in [0.05, 0.1) is 30.9 Å². The largest absolute Gasteiger partial charge is 0.507 e. The van der Waals surface area contributed by atoms with Gasteiger partial charge in [0.1, 0.15) is 23.1 Å². The molecule has 33 heavy (non-hydrogen) atoms. The lowest BCUT2D eigenvalue weighted by molar-refractivity contribution is -0.132. The summed E-state index contributed by atoms with van der Waals surface area (Å²) in [4.78, 5) is 27.4. The van der Waals surface area contributed by atoms with Gasteiger partial charge in [-0.05, 0) is 36.4 Å². The van der Waals surface area contributed by atoms with Gasteiger partial charge in [0.2, 0.25) is 0 Å². The lowest BCUT2D eigenvalue weighted by Crippen LogP contribution is -2.29. The Labute approximate surface area is 194 Å². The van der Waals surface area contributed by atoms with E-state index in [4.69, 9.17) is 21.1 Å². The first-order valence-corrected chi connectivity index (χ1v) is 10.3. The van der Waals surface area contributed by atoms with Crippen LogP contribution < -0.4 is 14.4 Å². The fourth-order valence-electron chi connectivity index (χ4n) is 3.82. The fourth-order valence-corrected chi connectivity index (χ4v) is 4.08. The summed E-state index contributed by atoms with van der Waals surface area (Å²) in [5.41, 5.74) is 0.303. The number of aliphatic hydroxyl groups is 1. The van der Waals surface area contributed by atoms with E-state index in [0.717, 1.165) is 4.90 Å². The van der Waals surface area contributed by atoms with Crippen molar-refractivity contribution < 1.29 is 28.6 Å². The molecule has 0 spiro atoms. The number of hydrogen-bond donors (Lipinski definition) is 1. The molecule has 4 rings (SSSR count). The van der Waals surface area contributed by atoms with Crippen LogP contribution in [0.1, 0.15) is 17.2 Å². The van der Waals surface area contributed by atoms with Crippen molar-refractivity contribution in [3.05, 3.63) is 94.3 Å². The minimum absolute atomic E-state index is 0.0562. The number of anilines is 1. The minimum atomic E-state index is -1.21. The third-order valence-corrected chi connectivity index (χ3v) is 5.70. The number of hydrogen-bond acceptors (Lipinski definition) is 5. The number of benzene rings is 3. The third-order valence-electron chi connectivity index (χ3n) is 5.40. The lowest BCUT2D eigenvalue weighted by Gasteiger charge is -2.26. The summed E-state index contributed by atoms with van der Waals surface area (Å²) in [6, 6.07) is 15.5. The predicted molar refractivity (Wildman–Crippen MR) is 122 cm³/mol. The maximum absolute atomic E-state index is 14.9. The van der Waals surface area contributed by atoms with Crippen molar-refractivity contribution in [3.8, 4) is 11.5 Å². The number of Topliss-reactive ketones (excluding diaryl/α,β-unsaturated/α-hetero) is 1. The highest BCUT2D eigenvalue weighted by Crippen LogP contribution is 2.44. The van der Waals surface area contributed by atoms with Gasteiger partial charge >= 0.3 is 0 Å². The third kappa shape index (κ3) is 3.91. The van der Waals surface area contributed by atoms with Gasteiger partial charge in [0.15, 0.2) is 0 Å². The normalized spacial score (nSPS) is 17.3. The highest BCUT2D eigenvalue weighted by molar-refractivity contribution is 6.51. The van der Waals surface area contributed by atoms with Crippen molar-refractivity contribution in [2.45, 2.75) is 6.04 Å². The van der Waals surface area contributed by atoms with Gasteiger partial charge in [-0.2, -0.15) is 0 Å². The van der Waals surface area contributed by atoms with Crippen LogP contribution >= 0.6 is 11.6 Å². The summed E-state index contributed by atoms with van der Waals surface area (Å²) in [7, 11) is 2.91. The number of halogens is 2. The maximum atomic E-state index is 14.9. The molecule has 0 aliphatic carbocycles. The molecule has 1 aliphatic rings. The Balaban J connectivity index is 1.96. The molecule has 1 fully saturated rings. The Kier molecular flexibility index (Phi) is 6.07. The van der Waals surface area contributed by atoms with Gasteiger partial charge in [-0.1, -0.05) is 35.9 Å². The van der Waals surface area contributed by atoms with E-state index in [9.17, 15) is 19.1 Å². The molecule has 1 atom stereocenters. The molecule has 1 heterocycles. The average Bonchev–Trinajstić information content (AvgIpc) is 3.09. The van der Waals surface area contributed by atoms with Gasteiger partial charge in [0, 0.05) is 22.9 Å². The number of amides is 1. The highest BCUT2D eigenvalue weighted by Gasteiger charge is 2.47.